The minimum absolute atomic E-state index is 0.0254. The highest BCUT2D eigenvalue weighted by Gasteiger charge is 2.44. The van der Waals surface area contributed by atoms with E-state index in [0.717, 1.165) is 123 Å². The third kappa shape index (κ3) is 14.9. The molecule has 4 bridgehead atoms. The molecule has 0 aliphatic heterocycles. The quantitative estimate of drug-likeness (QED) is 0.0919. The van der Waals surface area contributed by atoms with Crippen LogP contribution in [0.2, 0.25) is 0 Å². The van der Waals surface area contributed by atoms with Crippen molar-refractivity contribution in [2.45, 2.75) is 23.7 Å². The van der Waals surface area contributed by atoms with Gasteiger partial charge in [0.15, 0.2) is 46.6 Å². The molecule has 6 aliphatic carbocycles. The number of hydrogen-bond acceptors (Lipinski definition) is 10. The van der Waals surface area contributed by atoms with Crippen LogP contribution in [0.4, 0.5) is 0 Å². The molecule has 0 radical (unpaired) electrons. The van der Waals surface area contributed by atoms with Gasteiger partial charge in [-0.25, -0.2) is 49.8 Å². The number of benzene rings is 20. The predicted molar refractivity (Wildman–Crippen MR) is 605 cm³/mol. The zero-order valence-corrected chi connectivity index (χ0v) is 81.2. The molecule has 12 heteroatoms. The van der Waals surface area contributed by atoms with Crippen LogP contribution < -0.4 is 0 Å². The number of fused-ring (bicyclic) bond motifs is 6. The van der Waals surface area contributed by atoms with E-state index in [1.807, 2.05) is 84.9 Å². The van der Waals surface area contributed by atoms with Crippen LogP contribution in [-0.4, -0.2) is 59.0 Å². The average molecular weight is 1910 g/mol. The third-order valence-corrected chi connectivity index (χ3v) is 30.5. The molecule has 26 aromatic rings. The molecule has 6 aromatic heterocycles. The minimum atomic E-state index is 0.0254. The van der Waals surface area contributed by atoms with Crippen molar-refractivity contribution in [3.8, 4) is 170 Å². The maximum Gasteiger partial charge on any atom is 0.164 e. The van der Waals surface area contributed by atoms with Crippen LogP contribution >= 0.6 is 0 Å². The molecule has 4 atom stereocenters. The molecule has 700 valence electrons. The second-order valence-corrected chi connectivity index (χ2v) is 39.0. The number of rotatable bonds is 16. The molecule has 0 spiro atoms. The summed E-state index contributed by atoms with van der Waals surface area (Å²) in [7, 11) is 0. The summed E-state index contributed by atoms with van der Waals surface area (Å²) >= 11 is 0. The van der Waals surface area contributed by atoms with Crippen LogP contribution in [0, 0.1) is 0 Å². The van der Waals surface area contributed by atoms with Gasteiger partial charge in [-0.2, -0.15) is 0 Å². The number of aromatic nitrogens is 12. The number of para-hydroxylation sites is 4. The highest BCUT2D eigenvalue weighted by atomic mass is 15.1. The lowest BCUT2D eigenvalue weighted by Gasteiger charge is -2.42. The van der Waals surface area contributed by atoms with Crippen molar-refractivity contribution in [2.75, 3.05) is 0 Å². The molecule has 4 unspecified atom stereocenters. The van der Waals surface area contributed by atoms with Crippen LogP contribution in [-0.2, 0) is 0 Å². The van der Waals surface area contributed by atoms with E-state index in [-0.39, 0.29) is 23.7 Å². The van der Waals surface area contributed by atoms with Gasteiger partial charge in [-0.1, -0.05) is 419 Å². The smallest absolute Gasteiger partial charge is 0.164 e. The van der Waals surface area contributed by atoms with E-state index in [9.17, 15) is 0 Å². The van der Waals surface area contributed by atoms with Gasteiger partial charge in [0, 0.05) is 123 Å². The van der Waals surface area contributed by atoms with E-state index < -0.39 is 0 Å². The van der Waals surface area contributed by atoms with Gasteiger partial charge in [0.1, 0.15) is 0 Å². The van der Waals surface area contributed by atoms with Gasteiger partial charge in [-0.15, -0.1) is 0 Å². The minimum Gasteiger partial charge on any atom is -0.309 e. The maximum atomic E-state index is 5.41. The number of nitrogens with zero attached hydrogens (tertiary/aromatic N) is 12. The Balaban J connectivity index is 0.000000141. The Morgan fingerprint density at radius 3 is 0.753 bits per heavy atom. The largest absolute Gasteiger partial charge is 0.309 e. The van der Waals surface area contributed by atoms with Crippen molar-refractivity contribution < 1.29 is 0 Å². The second-order valence-electron chi connectivity index (χ2n) is 39.0. The van der Waals surface area contributed by atoms with Crippen LogP contribution in [0.3, 0.4) is 0 Å². The molecule has 6 heterocycles. The Morgan fingerprint density at radius 1 is 0.133 bits per heavy atom. The molecule has 0 saturated heterocycles. The summed E-state index contributed by atoms with van der Waals surface area (Å²) in [6, 6.07) is 181. The van der Waals surface area contributed by atoms with E-state index in [4.69, 9.17) is 49.8 Å². The zero-order chi connectivity index (χ0) is 98.8. The molecule has 150 heavy (non-hydrogen) atoms. The van der Waals surface area contributed by atoms with E-state index >= 15 is 0 Å². The first-order chi connectivity index (χ1) is 74.4. The van der Waals surface area contributed by atoms with E-state index in [2.05, 4.69) is 434 Å². The highest BCUT2D eigenvalue weighted by Crippen LogP contribution is 2.60. The fourth-order valence-electron chi connectivity index (χ4n) is 23.8. The Hall–Kier alpha value is -19.8. The summed E-state index contributed by atoms with van der Waals surface area (Å²) in [5.74, 6) is 5.40. The van der Waals surface area contributed by atoms with Crippen molar-refractivity contribution in [1.29, 1.82) is 0 Å². The zero-order valence-electron chi connectivity index (χ0n) is 81.2. The lowest BCUT2D eigenvalue weighted by atomic mass is 9.60. The van der Waals surface area contributed by atoms with Crippen LogP contribution in [0.5, 0.6) is 0 Å². The Bertz CT molecular complexity index is 9720. The van der Waals surface area contributed by atoms with Crippen molar-refractivity contribution in [1.82, 2.24) is 59.0 Å². The predicted octanol–water partition coefficient (Wildman–Crippen LogP) is 32.8. The summed E-state index contributed by atoms with van der Waals surface area (Å²) in [6.07, 6.45) is 0. The van der Waals surface area contributed by atoms with Crippen molar-refractivity contribution in [3.63, 3.8) is 0 Å². The first-order valence-corrected chi connectivity index (χ1v) is 51.1. The number of hydrogen-bond donors (Lipinski definition) is 0. The first-order valence-electron chi connectivity index (χ1n) is 51.1. The summed E-state index contributed by atoms with van der Waals surface area (Å²) in [6.45, 7) is 0. The summed E-state index contributed by atoms with van der Waals surface area (Å²) < 4.78 is 4.75. The Morgan fingerprint density at radius 2 is 0.373 bits per heavy atom. The van der Waals surface area contributed by atoms with Gasteiger partial charge in [0.05, 0.1) is 44.8 Å². The molecule has 0 saturated carbocycles. The molecule has 6 aliphatic rings. The topological polar surface area (TPSA) is 139 Å². The maximum absolute atomic E-state index is 5.41. The lowest BCUT2D eigenvalue weighted by Crippen LogP contribution is -2.27. The van der Waals surface area contributed by atoms with E-state index in [1.54, 1.807) is 0 Å². The molecular weight excluding hydrogens is 1830 g/mol. The second kappa shape index (κ2) is 36.2. The lowest BCUT2D eigenvalue weighted by molar-refractivity contribution is 0.754. The van der Waals surface area contributed by atoms with Gasteiger partial charge < -0.3 is 9.13 Å². The Kier molecular flexibility index (Phi) is 20.9. The highest BCUT2D eigenvalue weighted by molar-refractivity contribution is 6.18. The molecular formula is C138H88N12. The van der Waals surface area contributed by atoms with Crippen molar-refractivity contribution in [2.24, 2.45) is 0 Å². The fraction of sp³-hybridized carbons (Fsp3) is 0.0290. The van der Waals surface area contributed by atoms with Crippen LogP contribution in [0.15, 0.2) is 510 Å². The van der Waals surface area contributed by atoms with Gasteiger partial charge in [-0.3, -0.25) is 0 Å². The summed E-state index contributed by atoms with van der Waals surface area (Å²) in [5.41, 5.74) is 42.6. The standard InChI is InChI=1S/2C69H44N6/c1-5-19-43(20-6-1)66-70-59(47-26-17-25-46(39-47)51-32-18-34-62-65(51)56-31-15-16-33-61(56)75(62)50-27-11-4-12-28-50)42-60(71-66)48-35-37-54-57(40-48)63-52-29-13-14-30-53(52)64(54)58-41-49(36-38-55(58)63)69-73-67(44-21-7-2-8-22-44)72-68(74-69)45-23-9-3-10-24-45;1-5-20-43(21-6-1)66-70-59(42-60(71-66)50-29-14-13-28-49(50)51-33-19-35-62-65(51)56-32-17-18-34-61(56)75(62)48-26-11-4-12-27-48)46-36-38-54-57(40-46)63-52-30-15-16-31-53(52)64(54)58-41-47(37-39-55(58)63)69-73-67(44-22-7-2-8-23-44)72-68(74-69)45-24-9-3-10-25-45/h2*1-42,63-64H. The SMILES string of the molecule is c1ccc(-c2nc(-c3ccc4c(c3)C3c5ccccc5C4c4cc(-c5nc(-c6ccccc6)nc(-c6ccccc6)n5)ccc43)cc(-c3ccccc3-c3cccc4c3c3ccccc3n4-c3ccccc3)n2)cc1.c1ccc(-c2nc(-c3cccc(-c4cccc5c4c4ccccc4n5-c4ccccc4)c3)cc(-c3ccc4c(c3)C3c5ccccc5C4c4cc(-c5nc(-c6ccccc6)nc(-c6ccccc6)n5)ccc43)n2)cc1. The first kappa shape index (κ1) is 86.8. The van der Waals surface area contributed by atoms with Crippen LogP contribution in [0.25, 0.3) is 213 Å². The summed E-state index contributed by atoms with van der Waals surface area (Å²) in [4.78, 5) is 51.9. The van der Waals surface area contributed by atoms with E-state index in [1.165, 1.54) is 110 Å². The molecule has 0 N–H and O–H groups in total. The molecule has 20 aromatic carbocycles. The van der Waals surface area contributed by atoms with Gasteiger partial charge in [-0.05, 0) is 180 Å². The third-order valence-electron chi connectivity index (χ3n) is 30.5. The molecule has 32 rings (SSSR count). The average Bonchev–Trinajstić information content (AvgIpc) is 1.02. The van der Waals surface area contributed by atoms with Crippen molar-refractivity contribution in [3.05, 3.63) is 576 Å². The van der Waals surface area contributed by atoms with Crippen molar-refractivity contribution >= 4 is 43.6 Å². The Labute approximate surface area is 866 Å². The summed E-state index contributed by atoms with van der Waals surface area (Å²) in [5, 5.41) is 4.86. The fourth-order valence-corrected chi connectivity index (χ4v) is 23.8. The molecule has 0 amide bonds. The molecule has 0 fully saturated rings. The van der Waals surface area contributed by atoms with Gasteiger partial charge in [0.2, 0.25) is 0 Å². The van der Waals surface area contributed by atoms with Gasteiger partial charge in [0.25, 0.3) is 0 Å². The monoisotopic (exact) mass is 1910 g/mol. The molecule has 12 nitrogen and oxygen atoms in total. The van der Waals surface area contributed by atoms with Gasteiger partial charge >= 0.3 is 0 Å². The van der Waals surface area contributed by atoms with E-state index in [0.29, 0.717) is 46.6 Å². The van der Waals surface area contributed by atoms with Crippen LogP contribution in [0.1, 0.15) is 90.4 Å². The normalized spacial score (nSPS) is 14.1.